The van der Waals surface area contributed by atoms with E-state index in [4.69, 9.17) is 5.73 Å². The molecule has 0 radical (unpaired) electrons. The predicted molar refractivity (Wildman–Crippen MR) is 167 cm³/mol. The number of aromatic nitrogens is 2. The molecule has 1 aromatic carbocycles. The van der Waals surface area contributed by atoms with Crippen LogP contribution in [0.4, 0.5) is 5.95 Å². The minimum absolute atomic E-state index is 0.104. The van der Waals surface area contributed by atoms with Gasteiger partial charge in [-0.25, -0.2) is 9.97 Å². The van der Waals surface area contributed by atoms with E-state index < -0.39 is 5.60 Å². The highest BCUT2D eigenvalue weighted by Crippen LogP contribution is 2.50. The highest BCUT2D eigenvalue weighted by atomic mass is 32.2. The fourth-order valence-electron chi connectivity index (χ4n) is 4.49. The maximum absolute atomic E-state index is 9.76. The van der Waals surface area contributed by atoms with Crippen LogP contribution in [0.15, 0.2) is 29.3 Å². The summed E-state index contributed by atoms with van der Waals surface area (Å²) in [6, 6.07) is 6.04. The van der Waals surface area contributed by atoms with E-state index in [1.54, 1.807) is 18.0 Å². The predicted octanol–water partition coefficient (Wildman–Crippen LogP) is 9.79. The summed E-state index contributed by atoms with van der Waals surface area (Å²) < 4.78 is 0. The lowest BCUT2D eigenvalue weighted by Gasteiger charge is -2.37. The van der Waals surface area contributed by atoms with Crippen LogP contribution in [0.25, 0.3) is 10.9 Å². The third-order valence-corrected chi connectivity index (χ3v) is 8.80. The summed E-state index contributed by atoms with van der Waals surface area (Å²) >= 11 is 1.70. The number of nitrogens with two attached hydrogens (primary N) is 1. The molecule has 2 aliphatic carbocycles. The van der Waals surface area contributed by atoms with Crippen LogP contribution in [0.1, 0.15) is 121 Å². The van der Waals surface area contributed by atoms with E-state index in [2.05, 4.69) is 43.7 Å². The van der Waals surface area contributed by atoms with Crippen molar-refractivity contribution in [1.29, 1.82) is 0 Å². The monoisotopic (exact) mass is 533 g/mol. The number of rotatable bonds is 5. The minimum Gasteiger partial charge on any atom is -0.390 e. The Bertz CT molecular complexity index is 853. The number of thioether (sulfide) groups is 1. The number of fused-ring (bicyclic) bond motifs is 1. The van der Waals surface area contributed by atoms with E-state index in [0.717, 1.165) is 28.7 Å². The summed E-state index contributed by atoms with van der Waals surface area (Å²) in [5.74, 6) is 3.14. The van der Waals surface area contributed by atoms with Gasteiger partial charge in [-0.3, -0.25) is 0 Å². The zero-order chi connectivity index (χ0) is 28.6. The van der Waals surface area contributed by atoms with Gasteiger partial charge in [0.2, 0.25) is 5.95 Å². The molecule has 4 nitrogen and oxygen atoms in total. The van der Waals surface area contributed by atoms with Gasteiger partial charge >= 0.3 is 0 Å². The van der Waals surface area contributed by atoms with Crippen LogP contribution in [0.5, 0.6) is 0 Å². The molecular weight excluding hydrogens is 474 g/mol. The Morgan fingerprint density at radius 3 is 2.00 bits per heavy atom. The van der Waals surface area contributed by atoms with Crippen molar-refractivity contribution in [3.63, 3.8) is 0 Å². The maximum Gasteiger partial charge on any atom is 0.220 e. The van der Waals surface area contributed by atoms with Gasteiger partial charge in [0.05, 0.1) is 11.1 Å². The lowest BCUT2D eigenvalue weighted by atomic mass is 9.73. The first kappa shape index (κ1) is 35.7. The van der Waals surface area contributed by atoms with Crippen molar-refractivity contribution in [2.24, 2.45) is 23.2 Å². The number of nitrogens with zero attached hydrogens (tertiary/aromatic N) is 2. The van der Waals surface area contributed by atoms with Crippen molar-refractivity contribution in [2.75, 3.05) is 12.0 Å². The van der Waals surface area contributed by atoms with Gasteiger partial charge in [0.25, 0.3) is 0 Å². The quantitative estimate of drug-likeness (QED) is 0.374. The first-order valence-corrected chi connectivity index (χ1v) is 16.0. The van der Waals surface area contributed by atoms with Crippen molar-refractivity contribution in [1.82, 2.24) is 9.97 Å². The molecule has 5 heteroatoms. The largest absolute Gasteiger partial charge is 0.390 e. The average Bonchev–Trinajstić information content (AvgIpc) is 3.77. The number of hydrogen-bond acceptors (Lipinski definition) is 5. The van der Waals surface area contributed by atoms with Gasteiger partial charge < -0.3 is 10.8 Å². The van der Waals surface area contributed by atoms with Crippen LogP contribution in [0, 0.1) is 23.2 Å². The molecule has 2 fully saturated rings. The first-order valence-electron chi connectivity index (χ1n) is 14.8. The summed E-state index contributed by atoms with van der Waals surface area (Å²) in [5.41, 5.74) is 5.95. The molecule has 214 valence electrons. The molecule has 0 aliphatic heterocycles. The van der Waals surface area contributed by atoms with Crippen molar-refractivity contribution >= 4 is 28.6 Å². The van der Waals surface area contributed by atoms with Gasteiger partial charge in [0.1, 0.15) is 0 Å². The number of benzene rings is 1. The average molecular weight is 534 g/mol. The van der Waals surface area contributed by atoms with E-state index in [1.165, 1.54) is 56.3 Å². The summed E-state index contributed by atoms with van der Waals surface area (Å²) in [6.07, 6.45) is 15.3. The third kappa shape index (κ3) is 12.4. The number of nitrogen functional groups attached to an aromatic ring is 1. The fraction of sp³-hybridized carbons (Fsp3) is 0.750. The Morgan fingerprint density at radius 2 is 1.57 bits per heavy atom. The third-order valence-electron chi connectivity index (χ3n) is 8.08. The number of aliphatic hydroxyl groups is 1. The Hall–Kier alpha value is -1.33. The number of anilines is 1. The Kier molecular flexibility index (Phi) is 17.4. The Balaban J connectivity index is 0.000000497. The van der Waals surface area contributed by atoms with Gasteiger partial charge in [-0.1, -0.05) is 93.9 Å². The Morgan fingerprint density at radius 1 is 1.00 bits per heavy atom. The summed E-state index contributed by atoms with van der Waals surface area (Å²) in [5, 5.41) is 10.8. The van der Waals surface area contributed by atoms with Crippen molar-refractivity contribution in [3.05, 3.63) is 24.4 Å². The van der Waals surface area contributed by atoms with E-state index in [0.29, 0.717) is 5.95 Å². The van der Waals surface area contributed by atoms with Crippen LogP contribution in [0.2, 0.25) is 0 Å². The zero-order valence-electron chi connectivity index (χ0n) is 26.0. The molecule has 4 rings (SSSR count). The molecule has 0 amide bonds. The van der Waals surface area contributed by atoms with E-state index in [-0.39, 0.29) is 5.41 Å². The summed E-state index contributed by atoms with van der Waals surface area (Å²) in [6.45, 7) is 20.9. The fourth-order valence-corrected chi connectivity index (χ4v) is 4.94. The molecule has 0 bridgehead atoms. The normalized spacial score (nSPS) is 16.4. The van der Waals surface area contributed by atoms with Crippen LogP contribution >= 0.6 is 11.8 Å². The van der Waals surface area contributed by atoms with Crippen LogP contribution in [-0.4, -0.2) is 26.9 Å². The molecule has 37 heavy (non-hydrogen) atoms. The molecule has 2 aromatic rings. The van der Waals surface area contributed by atoms with Gasteiger partial charge in [0, 0.05) is 16.5 Å². The smallest absolute Gasteiger partial charge is 0.220 e. The molecule has 2 saturated carbocycles. The van der Waals surface area contributed by atoms with Gasteiger partial charge in [-0.15, -0.1) is 11.8 Å². The molecule has 1 atom stereocenters. The van der Waals surface area contributed by atoms with E-state index in [1.807, 2.05) is 59.9 Å². The molecule has 1 aromatic heterocycles. The SMILES string of the molecule is CC.CC.CC(C)(O)C(C)(C)C1CC1.CCC(C)C1CCCCC1.CSc1ccc2nc(N)ncc2c1. The second-order valence-electron chi connectivity index (χ2n) is 11.0. The van der Waals surface area contributed by atoms with E-state index >= 15 is 0 Å². The molecule has 2 aliphatic rings. The van der Waals surface area contributed by atoms with Gasteiger partial charge in [-0.05, 0) is 74.3 Å². The first-order chi connectivity index (χ1) is 17.5. The Labute approximate surface area is 234 Å². The molecule has 0 spiro atoms. The standard InChI is InChI=1S/C10H20.C9H9N3S.C9H18O.2C2H6/c1-3-9(2)10-7-5-4-6-8-10;1-13-7-2-3-8-6(4-7)5-11-9(10)12-8;1-8(2,7-5-6-7)9(3,4)10;2*1-2/h9-10H,3-8H2,1-2H3;2-5H,1H3,(H2,10,11,12);7,10H,5-6H2,1-4H3;2*1-2H3. The highest BCUT2D eigenvalue weighted by molar-refractivity contribution is 7.98. The topological polar surface area (TPSA) is 72.0 Å². The molecule has 0 saturated heterocycles. The van der Waals surface area contributed by atoms with Crippen LogP contribution < -0.4 is 5.73 Å². The van der Waals surface area contributed by atoms with Crippen molar-refractivity contribution in [2.45, 2.75) is 131 Å². The number of hydrogen-bond donors (Lipinski definition) is 2. The second kappa shape index (κ2) is 18.0. The summed E-state index contributed by atoms with van der Waals surface area (Å²) in [7, 11) is 0. The molecule has 1 unspecified atom stereocenters. The van der Waals surface area contributed by atoms with Crippen molar-refractivity contribution in [3.8, 4) is 0 Å². The highest BCUT2D eigenvalue weighted by Gasteiger charge is 2.46. The second-order valence-corrected chi connectivity index (χ2v) is 11.9. The van der Waals surface area contributed by atoms with Gasteiger partial charge in [-0.2, -0.15) is 0 Å². The lowest BCUT2D eigenvalue weighted by Crippen LogP contribution is -2.40. The maximum atomic E-state index is 9.76. The molecule has 3 N–H and O–H groups in total. The molecule has 1 heterocycles. The van der Waals surface area contributed by atoms with Crippen LogP contribution in [-0.2, 0) is 0 Å². The van der Waals surface area contributed by atoms with Crippen LogP contribution in [0.3, 0.4) is 0 Å². The zero-order valence-corrected chi connectivity index (χ0v) is 26.8. The minimum atomic E-state index is -0.520. The lowest BCUT2D eigenvalue weighted by molar-refractivity contribution is -0.0475. The van der Waals surface area contributed by atoms with Crippen molar-refractivity contribution < 1.29 is 5.11 Å². The van der Waals surface area contributed by atoms with E-state index in [9.17, 15) is 5.11 Å². The summed E-state index contributed by atoms with van der Waals surface area (Å²) in [4.78, 5) is 9.26. The van der Waals surface area contributed by atoms with Gasteiger partial charge in [0.15, 0.2) is 0 Å². The molecular formula is C32H59N3OS.